The zero-order chi connectivity index (χ0) is 9.19. The Morgan fingerprint density at radius 3 is 3.00 bits per heavy atom. The van der Waals surface area contributed by atoms with Crippen LogP contribution in [0.25, 0.3) is 0 Å². The van der Waals surface area contributed by atoms with Crippen LogP contribution in [0, 0.1) is 13.8 Å². The molecule has 1 aromatic rings. The van der Waals surface area contributed by atoms with Gasteiger partial charge in [-0.15, -0.1) is 0 Å². The molecule has 0 saturated carbocycles. The van der Waals surface area contributed by atoms with Gasteiger partial charge in [0.05, 0.1) is 0 Å². The first-order chi connectivity index (χ1) is 5.54. The van der Waals surface area contributed by atoms with Gasteiger partial charge in [-0.25, -0.2) is 0 Å². The first-order valence-corrected chi connectivity index (χ1v) is 2.42. The van der Waals surface area contributed by atoms with Crippen LogP contribution in [-0.2, 0) is 0 Å². The summed E-state index contributed by atoms with van der Waals surface area (Å²) in [5, 5.41) is 0. The minimum Gasteiger partial charge on any atom is -0.0617 e. The number of aryl methyl sites for hydroxylation is 2. The van der Waals surface area contributed by atoms with Crippen LogP contribution in [0.2, 0.25) is 0 Å². The molecule has 1 aromatic carbocycles. The number of benzene rings is 1. The summed E-state index contributed by atoms with van der Waals surface area (Å²) < 4.78 is 28.4. The molecular formula is C8H10. The highest BCUT2D eigenvalue weighted by molar-refractivity contribution is 5.20. The van der Waals surface area contributed by atoms with Crippen LogP contribution in [0.5, 0.6) is 0 Å². The fraction of sp³-hybridized carbons (Fsp3) is 0.250. The van der Waals surface area contributed by atoms with Crippen molar-refractivity contribution in [3.05, 3.63) is 35.4 Å². The molecule has 0 aliphatic rings. The van der Waals surface area contributed by atoms with Crippen molar-refractivity contribution >= 4 is 0 Å². The molecule has 0 amide bonds. The fourth-order valence-corrected chi connectivity index (χ4v) is 0.571. The zero-order valence-corrected chi connectivity index (χ0v) is 4.52. The monoisotopic (exact) mass is 110 g/mol. The van der Waals surface area contributed by atoms with Crippen LogP contribution in [0.1, 0.15) is 16.6 Å². The van der Waals surface area contributed by atoms with E-state index in [1.165, 1.54) is 0 Å². The van der Waals surface area contributed by atoms with E-state index < -0.39 is 6.85 Å². The lowest BCUT2D eigenvalue weighted by Gasteiger charge is -1.90. The van der Waals surface area contributed by atoms with E-state index >= 15 is 0 Å². The highest BCUT2D eigenvalue weighted by Gasteiger charge is 1.80. The van der Waals surface area contributed by atoms with E-state index in [1.54, 1.807) is 24.3 Å². The molecule has 0 N–H and O–H groups in total. The van der Waals surface area contributed by atoms with E-state index in [0.717, 1.165) is 5.56 Å². The minimum absolute atomic E-state index is 0.129. The van der Waals surface area contributed by atoms with Gasteiger partial charge in [-0.2, -0.15) is 0 Å². The third-order valence-corrected chi connectivity index (χ3v) is 0.927. The minimum atomic E-state index is -2.05. The summed E-state index contributed by atoms with van der Waals surface area (Å²) in [6.45, 7) is -1.92. The molecule has 0 aliphatic heterocycles. The summed E-state index contributed by atoms with van der Waals surface area (Å²) >= 11 is 0. The van der Waals surface area contributed by atoms with E-state index in [0.29, 0.717) is 5.56 Å². The van der Waals surface area contributed by atoms with Crippen LogP contribution < -0.4 is 0 Å². The summed E-state index contributed by atoms with van der Waals surface area (Å²) in [5.74, 6) is 0. The van der Waals surface area contributed by atoms with Crippen molar-refractivity contribution in [2.45, 2.75) is 13.8 Å². The standard InChI is InChI=1S/C8H10/c1-7-4-3-5-8(2)6-7/h3-6H,1-2H3/i1D,2D3. The van der Waals surface area contributed by atoms with Crippen LogP contribution in [0.4, 0.5) is 0 Å². The van der Waals surface area contributed by atoms with Crippen molar-refractivity contribution in [2.24, 2.45) is 0 Å². The predicted octanol–water partition coefficient (Wildman–Crippen LogP) is 2.30. The molecule has 0 spiro atoms. The molecule has 42 valence electrons. The maximum atomic E-state index is 7.12. The van der Waals surface area contributed by atoms with Crippen LogP contribution in [0.3, 0.4) is 0 Å². The lowest BCUT2D eigenvalue weighted by atomic mass is 10.2. The number of hydrogen-bond donors (Lipinski definition) is 0. The first-order valence-electron chi connectivity index (χ1n) is 4.63. The van der Waals surface area contributed by atoms with Gasteiger partial charge < -0.3 is 0 Å². The molecule has 8 heavy (non-hydrogen) atoms. The van der Waals surface area contributed by atoms with E-state index in [1.807, 2.05) is 0 Å². The number of rotatable bonds is 0. The smallest absolute Gasteiger partial charge is 0.0280 e. The molecule has 0 bridgehead atoms. The van der Waals surface area contributed by atoms with Gasteiger partial charge in [-0.05, 0) is 13.8 Å². The Hall–Kier alpha value is -0.780. The van der Waals surface area contributed by atoms with Crippen LogP contribution in [-0.4, -0.2) is 0 Å². The van der Waals surface area contributed by atoms with Crippen molar-refractivity contribution in [1.82, 2.24) is 0 Å². The fourth-order valence-electron chi connectivity index (χ4n) is 0.571. The average molecular weight is 110 g/mol. The zero-order valence-electron chi connectivity index (χ0n) is 8.52. The summed E-state index contributed by atoms with van der Waals surface area (Å²) in [5.41, 5.74) is 1.05. The van der Waals surface area contributed by atoms with Gasteiger partial charge in [-0.1, -0.05) is 35.4 Å². The molecule has 0 atom stereocenters. The molecular weight excluding hydrogens is 96.1 g/mol. The van der Waals surface area contributed by atoms with Gasteiger partial charge in [-0.3, -0.25) is 0 Å². The molecule has 0 aliphatic carbocycles. The molecule has 0 radical (unpaired) electrons. The SMILES string of the molecule is [2H]Cc1cccc(C([2H])([2H])[2H])c1. The summed E-state index contributed by atoms with van der Waals surface area (Å²) in [6.07, 6.45) is 0. The Labute approximate surface area is 55.8 Å². The quantitative estimate of drug-likeness (QED) is 0.480. The second kappa shape index (κ2) is 1.99. The van der Waals surface area contributed by atoms with Crippen LogP contribution >= 0.6 is 0 Å². The Kier molecular flexibility index (Phi) is 0.553. The lowest BCUT2D eigenvalue weighted by molar-refractivity contribution is 1.39. The van der Waals surface area contributed by atoms with Crippen molar-refractivity contribution in [1.29, 1.82) is 0 Å². The highest BCUT2D eigenvalue weighted by Crippen LogP contribution is 2.00. The Balaban J connectivity index is 3.02. The predicted molar refractivity (Wildman–Crippen MR) is 35.9 cm³/mol. The molecule has 0 saturated heterocycles. The molecule has 1 rings (SSSR count). The van der Waals surface area contributed by atoms with E-state index in [4.69, 9.17) is 5.48 Å². The summed E-state index contributed by atoms with van der Waals surface area (Å²) in [6, 6.07) is 6.54. The van der Waals surface area contributed by atoms with Crippen molar-refractivity contribution < 1.29 is 5.48 Å². The van der Waals surface area contributed by atoms with Gasteiger partial charge >= 0.3 is 0 Å². The Bertz CT molecular complexity index is 264. The highest BCUT2D eigenvalue weighted by atomic mass is 13.9. The van der Waals surface area contributed by atoms with Gasteiger partial charge in [0.15, 0.2) is 0 Å². The molecule has 0 fully saturated rings. The van der Waals surface area contributed by atoms with Gasteiger partial charge in [0, 0.05) is 5.48 Å². The molecule has 0 aromatic heterocycles. The molecule has 0 unspecified atom stereocenters. The van der Waals surface area contributed by atoms with E-state index in [2.05, 4.69) is 0 Å². The van der Waals surface area contributed by atoms with E-state index in [9.17, 15) is 0 Å². The van der Waals surface area contributed by atoms with Crippen LogP contribution in [0.15, 0.2) is 24.3 Å². The van der Waals surface area contributed by atoms with Gasteiger partial charge in [0.1, 0.15) is 0 Å². The maximum Gasteiger partial charge on any atom is 0.0280 e. The lowest BCUT2D eigenvalue weighted by Crippen LogP contribution is -1.71. The average Bonchev–Trinajstić information content (AvgIpc) is 2.03. The second-order valence-corrected chi connectivity index (χ2v) is 1.70. The largest absolute Gasteiger partial charge is 0.0617 e. The third-order valence-electron chi connectivity index (χ3n) is 0.927. The maximum absolute atomic E-state index is 7.12. The topological polar surface area (TPSA) is 0 Å². The van der Waals surface area contributed by atoms with E-state index in [-0.39, 0.29) is 6.90 Å². The second-order valence-electron chi connectivity index (χ2n) is 1.70. The van der Waals surface area contributed by atoms with Gasteiger partial charge in [0.2, 0.25) is 0 Å². The normalized spacial score (nSPS) is 18.0. The number of hydrogen-bond acceptors (Lipinski definition) is 0. The molecule has 0 heteroatoms. The van der Waals surface area contributed by atoms with Crippen molar-refractivity contribution in [3.63, 3.8) is 0 Å². The third kappa shape index (κ3) is 1.09. The first kappa shape index (κ1) is 2.22. The Morgan fingerprint density at radius 1 is 1.38 bits per heavy atom. The summed E-state index contributed by atoms with van der Waals surface area (Å²) in [4.78, 5) is 0. The molecule has 0 heterocycles. The summed E-state index contributed by atoms with van der Waals surface area (Å²) in [7, 11) is 0. The van der Waals surface area contributed by atoms with Crippen molar-refractivity contribution in [2.75, 3.05) is 0 Å². The molecule has 0 nitrogen and oxygen atoms in total. The Morgan fingerprint density at radius 2 is 2.25 bits per heavy atom. The van der Waals surface area contributed by atoms with Crippen molar-refractivity contribution in [3.8, 4) is 0 Å². The van der Waals surface area contributed by atoms with Gasteiger partial charge in [0.25, 0.3) is 0 Å².